The minimum Gasteiger partial charge on any atom is -0.476 e. The van der Waals surface area contributed by atoms with Crippen molar-refractivity contribution in [2.75, 3.05) is 11.3 Å². The highest BCUT2D eigenvalue weighted by molar-refractivity contribution is 7.87. The lowest BCUT2D eigenvalue weighted by Crippen LogP contribution is -2.09. The number of halogens is 1. The first kappa shape index (κ1) is 20.3. The van der Waals surface area contributed by atoms with Crippen LogP contribution in [0.15, 0.2) is 35.1 Å². The van der Waals surface area contributed by atoms with Crippen LogP contribution in [0.1, 0.15) is 32.3 Å². The van der Waals surface area contributed by atoms with Gasteiger partial charge in [0.2, 0.25) is 5.88 Å². The molecule has 4 aromatic rings. The number of nitrogens with one attached hydrogen (secondary N) is 1. The molecule has 0 radical (unpaired) electrons. The fourth-order valence-corrected chi connectivity index (χ4v) is 4.75. The van der Waals surface area contributed by atoms with Gasteiger partial charge in [0.15, 0.2) is 11.4 Å². The van der Waals surface area contributed by atoms with Crippen LogP contribution in [0.4, 0.5) is 5.82 Å². The number of rotatable bonds is 7. The van der Waals surface area contributed by atoms with Crippen molar-refractivity contribution < 1.29 is 13.5 Å². The Hall–Kier alpha value is -2.58. The van der Waals surface area contributed by atoms with E-state index in [1.165, 1.54) is 0 Å². The molecule has 1 aliphatic carbocycles. The van der Waals surface area contributed by atoms with Crippen LogP contribution in [-0.2, 0) is 11.0 Å². The molecule has 0 aliphatic heterocycles. The van der Waals surface area contributed by atoms with Crippen LogP contribution in [0.2, 0.25) is 5.02 Å². The maximum Gasteiger partial charge on any atom is 0.232 e. The number of benzene rings is 1. The number of aromatic nitrogens is 3. The second-order valence-electron chi connectivity index (χ2n) is 8.36. The van der Waals surface area contributed by atoms with Crippen molar-refractivity contribution in [3.05, 3.63) is 41.2 Å². The zero-order valence-electron chi connectivity index (χ0n) is 17.5. The molecule has 162 valence electrons. The van der Waals surface area contributed by atoms with Gasteiger partial charge in [-0.25, -0.2) is 9.19 Å². The molecular formula is C22H23ClN4O3S. The molecule has 31 heavy (non-hydrogen) atoms. The van der Waals surface area contributed by atoms with Gasteiger partial charge in [0.25, 0.3) is 0 Å². The maximum absolute atomic E-state index is 12.3. The van der Waals surface area contributed by atoms with E-state index in [-0.39, 0.29) is 5.25 Å². The average molecular weight is 459 g/mol. The maximum atomic E-state index is 12.3. The Morgan fingerprint density at radius 2 is 2.13 bits per heavy atom. The Morgan fingerprint density at radius 1 is 1.32 bits per heavy atom. The van der Waals surface area contributed by atoms with E-state index in [0.29, 0.717) is 34.8 Å². The molecule has 1 unspecified atom stereocenters. The largest absolute Gasteiger partial charge is 0.476 e. The number of pyridine rings is 1. The van der Waals surface area contributed by atoms with Crippen molar-refractivity contribution in [3.8, 4) is 11.6 Å². The second kappa shape index (κ2) is 7.84. The van der Waals surface area contributed by atoms with Crippen molar-refractivity contribution in [1.82, 2.24) is 14.7 Å². The van der Waals surface area contributed by atoms with E-state index in [9.17, 15) is 4.21 Å². The molecule has 0 bridgehead atoms. The smallest absolute Gasteiger partial charge is 0.232 e. The predicted molar refractivity (Wildman–Crippen MR) is 124 cm³/mol. The van der Waals surface area contributed by atoms with E-state index in [1.54, 1.807) is 6.20 Å². The summed E-state index contributed by atoms with van der Waals surface area (Å²) in [7, 11) is -1.13. The van der Waals surface area contributed by atoms with Crippen molar-refractivity contribution >= 4 is 50.3 Å². The molecule has 1 N–H and O–H groups in total. The first-order chi connectivity index (χ1) is 14.9. The summed E-state index contributed by atoms with van der Waals surface area (Å²) < 4.78 is 28.5. The van der Waals surface area contributed by atoms with Gasteiger partial charge in [0.05, 0.1) is 34.6 Å². The van der Waals surface area contributed by atoms with Crippen molar-refractivity contribution in [1.29, 1.82) is 0 Å². The molecule has 3 heterocycles. The molecule has 0 amide bonds. The van der Waals surface area contributed by atoms with Gasteiger partial charge in [0.1, 0.15) is 16.0 Å². The molecule has 1 atom stereocenters. The summed E-state index contributed by atoms with van der Waals surface area (Å²) >= 11 is 6.43. The van der Waals surface area contributed by atoms with Crippen molar-refractivity contribution in [3.63, 3.8) is 0 Å². The molecule has 1 fully saturated rings. The SMILES string of the molecule is Cc1cn(-c2cnc(OCC(C)C)c(Cl)c2)c2cc3onc(NS(=O)C4CC4)c3cc12. The first-order valence-electron chi connectivity index (χ1n) is 10.3. The number of ether oxygens (including phenoxy) is 1. The summed E-state index contributed by atoms with van der Waals surface area (Å²) in [6, 6.07) is 5.81. The third-order valence-electron chi connectivity index (χ3n) is 5.24. The van der Waals surface area contributed by atoms with Gasteiger partial charge in [0, 0.05) is 17.6 Å². The monoisotopic (exact) mass is 458 g/mol. The Morgan fingerprint density at radius 3 is 2.84 bits per heavy atom. The summed E-state index contributed by atoms with van der Waals surface area (Å²) in [5.74, 6) is 1.34. The normalized spacial score (nSPS) is 15.1. The summed E-state index contributed by atoms with van der Waals surface area (Å²) in [4.78, 5) is 4.41. The lowest BCUT2D eigenvalue weighted by atomic mass is 10.1. The number of aryl methyl sites for hydroxylation is 1. The Balaban J connectivity index is 1.53. The summed E-state index contributed by atoms with van der Waals surface area (Å²) in [6.45, 7) is 6.75. The Labute approximate surface area is 187 Å². The first-order valence-corrected chi connectivity index (χ1v) is 11.9. The molecule has 7 nitrogen and oxygen atoms in total. The van der Waals surface area contributed by atoms with E-state index in [0.717, 1.165) is 40.4 Å². The lowest BCUT2D eigenvalue weighted by Gasteiger charge is -2.11. The number of hydrogen-bond donors (Lipinski definition) is 1. The van der Waals surface area contributed by atoms with Crippen LogP contribution in [0.25, 0.3) is 27.6 Å². The van der Waals surface area contributed by atoms with E-state index in [4.69, 9.17) is 20.9 Å². The molecular weight excluding hydrogens is 436 g/mol. The van der Waals surface area contributed by atoms with Crippen LogP contribution in [-0.4, -0.2) is 30.8 Å². The summed E-state index contributed by atoms with van der Waals surface area (Å²) in [5, 5.41) is 6.64. The molecule has 1 aromatic carbocycles. The van der Waals surface area contributed by atoms with E-state index < -0.39 is 11.0 Å². The second-order valence-corrected chi connectivity index (χ2v) is 10.2. The highest BCUT2D eigenvalue weighted by Gasteiger charge is 2.29. The molecule has 1 saturated carbocycles. The quantitative estimate of drug-likeness (QED) is 0.401. The van der Waals surface area contributed by atoms with Gasteiger partial charge in [-0.3, -0.25) is 4.72 Å². The van der Waals surface area contributed by atoms with Crippen LogP contribution >= 0.6 is 11.6 Å². The van der Waals surface area contributed by atoms with Gasteiger partial charge >= 0.3 is 0 Å². The fraction of sp³-hybridized carbons (Fsp3) is 0.364. The van der Waals surface area contributed by atoms with Gasteiger partial charge in [-0.05, 0) is 43.4 Å². The van der Waals surface area contributed by atoms with Gasteiger partial charge in [-0.1, -0.05) is 30.6 Å². The van der Waals surface area contributed by atoms with E-state index >= 15 is 0 Å². The van der Waals surface area contributed by atoms with Crippen LogP contribution in [0.5, 0.6) is 5.88 Å². The van der Waals surface area contributed by atoms with E-state index in [2.05, 4.69) is 28.7 Å². The number of hydrogen-bond acceptors (Lipinski definition) is 5. The fourth-order valence-electron chi connectivity index (χ4n) is 3.47. The number of fused-ring (bicyclic) bond motifs is 2. The number of anilines is 1. The van der Waals surface area contributed by atoms with Crippen molar-refractivity contribution in [2.45, 2.75) is 38.9 Å². The highest BCUT2D eigenvalue weighted by Crippen LogP contribution is 2.35. The molecule has 0 saturated heterocycles. The van der Waals surface area contributed by atoms with Crippen LogP contribution in [0.3, 0.4) is 0 Å². The standard InChI is InChI=1S/C22H23ClN4O3S/c1-12(2)11-29-22-18(23)6-14(9-24-22)27-10-13(3)16-7-17-20(8-19(16)27)30-25-21(17)26-31(28)15-4-5-15/h6-10,12,15H,4-5,11H2,1-3H3,(H,25,26). The average Bonchev–Trinajstić information content (AvgIpc) is 3.46. The minimum absolute atomic E-state index is 0.211. The van der Waals surface area contributed by atoms with Gasteiger partial charge in [-0.15, -0.1) is 0 Å². The minimum atomic E-state index is -1.13. The predicted octanol–water partition coefficient (Wildman–Crippen LogP) is 5.40. The van der Waals surface area contributed by atoms with Gasteiger partial charge < -0.3 is 13.8 Å². The topological polar surface area (TPSA) is 82.2 Å². The Kier molecular flexibility index (Phi) is 5.14. The number of nitrogens with zero attached hydrogens (tertiary/aromatic N) is 3. The van der Waals surface area contributed by atoms with Crippen LogP contribution in [0, 0.1) is 12.8 Å². The zero-order chi connectivity index (χ0) is 21.7. The van der Waals surface area contributed by atoms with Crippen LogP contribution < -0.4 is 9.46 Å². The molecule has 9 heteroatoms. The van der Waals surface area contributed by atoms with Crippen molar-refractivity contribution in [2.24, 2.45) is 5.92 Å². The molecule has 0 spiro atoms. The third kappa shape index (κ3) is 3.90. The van der Waals surface area contributed by atoms with Gasteiger partial charge in [-0.2, -0.15) is 0 Å². The molecule has 3 aromatic heterocycles. The molecule has 1 aliphatic rings. The zero-order valence-corrected chi connectivity index (χ0v) is 19.1. The highest BCUT2D eigenvalue weighted by atomic mass is 35.5. The molecule has 5 rings (SSSR count). The lowest BCUT2D eigenvalue weighted by molar-refractivity contribution is 0.261. The summed E-state index contributed by atoms with van der Waals surface area (Å²) in [6.07, 6.45) is 5.75. The summed E-state index contributed by atoms with van der Waals surface area (Å²) in [5.41, 5.74) is 3.48. The van der Waals surface area contributed by atoms with E-state index in [1.807, 2.05) is 35.9 Å². The Bertz CT molecular complexity index is 1310. The third-order valence-corrected chi connectivity index (χ3v) is 6.99.